The molecular weight excluding hydrogens is 357 g/mol. The minimum Gasteiger partial charge on any atom is -0.321 e. The highest BCUT2D eigenvalue weighted by Gasteiger charge is 2.19. The van der Waals surface area contributed by atoms with Gasteiger partial charge in [0.05, 0.1) is 11.0 Å². The van der Waals surface area contributed by atoms with Gasteiger partial charge >= 0.3 is 7.60 Å². The Morgan fingerprint density at radius 1 is 0.667 bits per heavy atom. The predicted molar refractivity (Wildman–Crippen MR) is 110 cm³/mol. The molecule has 0 atom stereocenters. The van der Waals surface area contributed by atoms with Crippen LogP contribution in [0.2, 0.25) is 0 Å². The Hall–Kier alpha value is -2.91. The average molecular weight is 375 g/mol. The third-order valence-corrected chi connectivity index (χ3v) is 5.40. The second kappa shape index (κ2) is 7.01. The maximum atomic E-state index is 11.6. The lowest BCUT2D eigenvalue weighted by molar-refractivity contribution is 0.387. The molecule has 134 valence electrons. The fraction of sp³-hybridized carbons (Fsp3) is 0. The Morgan fingerprint density at radius 2 is 1.26 bits per heavy atom. The van der Waals surface area contributed by atoms with Crippen LogP contribution in [0.15, 0.2) is 97.1 Å². The molecule has 5 heteroatoms. The van der Waals surface area contributed by atoms with Crippen molar-refractivity contribution in [2.75, 3.05) is 4.90 Å². The van der Waals surface area contributed by atoms with E-state index in [1.54, 1.807) is 12.1 Å². The van der Waals surface area contributed by atoms with E-state index in [4.69, 9.17) is 0 Å². The standard InChI is InChI=1S/C22H18NO3P/c24-27(25,26)20-14-15-21-17(16-20)8-7-13-22(21)23(18-9-3-1-4-10-18)19-11-5-2-6-12-19/h1-16H,(H2,24,25,26). The van der Waals surface area contributed by atoms with E-state index in [1.807, 2.05) is 78.9 Å². The summed E-state index contributed by atoms with van der Waals surface area (Å²) in [7, 11) is -4.29. The SMILES string of the molecule is O=P(O)(O)c1ccc2c(N(c3ccccc3)c3ccccc3)cccc2c1. The summed E-state index contributed by atoms with van der Waals surface area (Å²) in [5, 5.41) is 1.73. The first-order valence-electron chi connectivity index (χ1n) is 8.53. The molecule has 0 unspecified atom stereocenters. The van der Waals surface area contributed by atoms with Crippen LogP contribution in [0.5, 0.6) is 0 Å². The molecule has 4 aromatic carbocycles. The number of anilines is 3. The van der Waals surface area contributed by atoms with Gasteiger partial charge in [-0.1, -0.05) is 54.6 Å². The van der Waals surface area contributed by atoms with Crippen LogP contribution < -0.4 is 10.2 Å². The lowest BCUT2D eigenvalue weighted by Gasteiger charge is -2.26. The van der Waals surface area contributed by atoms with Crippen molar-refractivity contribution in [3.8, 4) is 0 Å². The number of rotatable bonds is 4. The normalized spacial score (nSPS) is 11.5. The minimum atomic E-state index is -4.29. The van der Waals surface area contributed by atoms with Crippen molar-refractivity contribution in [3.05, 3.63) is 97.1 Å². The summed E-state index contributed by atoms with van der Waals surface area (Å²) in [4.78, 5) is 21.1. The van der Waals surface area contributed by atoms with E-state index in [-0.39, 0.29) is 5.30 Å². The molecule has 0 radical (unpaired) electrons. The maximum Gasteiger partial charge on any atom is 0.356 e. The van der Waals surface area contributed by atoms with Gasteiger partial charge in [-0.15, -0.1) is 0 Å². The summed E-state index contributed by atoms with van der Waals surface area (Å²) in [6.45, 7) is 0. The Labute approximate surface area is 157 Å². The molecular formula is C22H18NO3P. The summed E-state index contributed by atoms with van der Waals surface area (Å²) in [6, 6.07) is 30.7. The Morgan fingerprint density at radius 3 is 1.81 bits per heavy atom. The van der Waals surface area contributed by atoms with E-state index in [0.29, 0.717) is 0 Å². The Kier molecular flexibility index (Phi) is 4.54. The fourth-order valence-corrected chi connectivity index (χ4v) is 3.79. The van der Waals surface area contributed by atoms with Crippen LogP contribution in [-0.2, 0) is 4.57 Å². The molecule has 0 saturated carbocycles. The average Bonchev–Trinajstić information content (AvgIpc) is 2.69. The topological polar surface area (TPSA) is 60.8 Å². The van der Waals surface area contributed by atoms with E-state index >= 15 is 0 Å². The molecule has 0 heterocycles. The highest BCUT2D eigenvalue weighted by atomic mass is 31.2. The van der Waals surface area contributed by atoms with Crippen LogP contribution in [-0.4, -0.2) is 9.79 Å². The molecule has 0 aliphatic carbocycles. The van der Waals surface area contributed by atoms with Gasteiger partial charge in [-0.25, -0.2) is 0 Å². The van der Waals surface area contributed by atoms with Gasteiger partial charge in [-0.3, -0.25) is 4.57 Å². The number of benzene rings is 4. The van der Waals surface area contributed by atoms with Gasteiger partial charge in [0, 0.05) is 16.8 Å². The van der Waals surface area contributed by atoms with Crippen molar-refractivity contribution < 1.29 is 14.4 Å². The second-order valence-corrected chi connectivity index (χ2v) is 7.84. The molecule has 0 spiro atoms. The van der Waals surface area contributed by atoms with Gasteiger partial charge in [0.25, 0.3) is 0 Å². The summed E-state index contributed by atoms with van der Waals surface area (Å²) in [5.74, 6) is 0. The van der Waals surface area contributed by atoms with Crippen LogP contribution in [0.25, 0.3) is 10.8 Å². The molecule has 0 aromatic heterocycles. The van der Waals surface area contributed by atoms with Gasteiger partial charge in [-0.05, 0) is 47.9 Å². The molecule has 2 N–H and O–H groups in total. The quantitative estimate of drug-likeness (QED) is 0.487. The molecule has 0 fully saturated rings. The van der Waals surface area contributed by atoms with Crippen LogP contribution in [0.1, 0.15) is 0 Å². The highest BCUT2D eigenvalue weighted by molar-refractivity contribution is 7.60. The minimum absolute atomic E-state index is 0.0260. The lowest BCUT2D eigenvalue weighted by atomic mass is 10.1. The molecule has 0 saturated heterocycles. The Bertz CT molecular complexity index is 1080. The van der Waals surface area contributed by atoms with Crippen LogP contribution in [0.4, 0.5) is 17.1 Å². The van der Waals surface area contributed by atoms with Crippen LogP contribution in [0, 0.1) is 0 Å². The molecule has 0 amide bonds. The Balaban J connectivity index is 1.95. The van der Waals surface area contributed by atoms with Crippen molar-refractivity contribution in [2.24, 2.45) is 0 Å². The maximum absolute atomic E-state index is 11.6. The number of para-hydroxylation sites is 2. The summed E-state index contributed by atoms with van der Waals surface area (Å²) < 4.78 is 11.6. The lowest BCUT2D eigenvalue weighted by Crippen LogP contribution is -2.11. The molecule has 0 bridgehead atoms. The third-order valence-electron chi connectivity index (χ3n) is 4.45. The van der Waals surface area contributed by atoms with E-state index in [1.165, 1.54) is 6.07 Å². The first-order valence-corrected chi connectivity index (χ1v) is 10.1. The van der Waals surface area contributed by atoms with Crippen LogP contribution >= 0.6 is 7.60 Å². The van der Waals surface area contributed by atoms with E-state index < -0.39 is 7.60 Å². The van der Waals surface area contributed by atoms with Gasteiger partial charge in [0.15, 0.2) is 0 Å². The summed E-state index contributed by atoms with van der Waals surface area (Å²) >= 11 is 0. The largest absolute Gasteiger partial charge is 0.356 e. The third kappa shape index (κ3) is 3.51. The van der Waals surface area contributed by atoms with Gasteiger partial charge < -0.3 is 14.7 Å². The highest BCUT2D eigenvalue weighted by Crippen LogP contribution is 2.40. The molecule has 4 rings (SSSR count). The first-order chi connectivity index (χ1) is 13.0. The summed E-state index contributed by atoms with van der Waals surface area (Å²) in [6.07, 6.45) is 0. The smallest absolute Gasteiger partial charge is 0.321 e. The number of hydrogen-bond donors (Lipinski definition) is 2. The van der Waals surface area contributed by atoms with E-state index in [2.05, 4.69) is 4.90 Å². The first kappa shape index (κ1) is 17.5. The van der Waals surface area contributed by atoms with E-state index in [9.17, 15) is 14.4 Å². The van der Waals surface area contributed by atoms with Gasteiger partial charge in [0.1, 0.15) is 0 Å². The molecule has 4 nitrogen and oxygen atoms in total. The molecule has 27 heavy (non-hydrogen) atoms. The molecule has 0 aliphatic heterocycles. The second-order valence-electron chi connectivity index (χ2n) is 6.23. The number of fused-ring (bicyclic) bond motifs is 1. The molecule has 0 aliphatic rings. The number of nitrogens with zero attached hydrogens (tertiary/aromatic N) is 1. The predicted octanol–water partition coefficient (Wildman–Crippen LogP) is 5.11. The van der Waals surface area contributed by atoms with Crippen molar-refractivity contribution >= 4 is 40.7 Å². The fourth-order valence-electron chi connectivity index (χ4n) is 3.21. The molecule has 4 aromatic rings. The summed E-state index contributed by atoms with van der Waals surface area (Å²) in [5.41, 5.74) is 2.97. The number of hydrogen-bond acceptors (Lipinski definition) is 2. The van der Waals surface area contributed by atoms with Crippen LogP contribution in [0.3, 0.4) is 0 Å². The zero-order valence-electron chi connectivity index (χ0n) is 14.4. The monoisotopic (exact) mass is 375 g/mol. The zero-order chi connectivity index (χ0) is 18.9. The van der Waals surface area contributed by atoms with Gasteiger partial charge in [-0.2, -0.15) is 0 Å². The van der Waals surface area contributed by atoms with E-state index in [0.717, 1.165) is 27.8 Å². The van der Waals surface area contributed by atoms with Crippen molar-refractivity contribution in [2.45, 2.75) is 0 Å². The van der Waals surface area contributed by atoms with Gasteiger partial charge in [0.2, 0.25) is 0 Å². The van der Waals surface area contributed by atoms with Crippen molar-refractivity contribution in [1.29, 1.82) is 0 Å². The van der Waals surface area contributed by atoms with Crippen molar-refractivity contribution in [1.82, 2.24) is 0 Å². The van der Waals surface area contributed by atoms with Crippen molar-refractivity contribution in [3.63, 3.8) is 0 Å². The zero-order valence-corrected chi connectivity index (χ0v) is 15.3.